The Kier molecular flexibility index (Phi) is 3.34. The van der Waals surface area contributed by atoms with Crippen molar-refractivity contribution in [3.8, 4) is 5.69 Å². The van der Waals surface area contributed by atoms with Crippen molar-refractivity contribution in [3.05, 3.63) is 66.7 Å². The molecule has 0 saturated heterocycles. The van der Waals surface area contributed by atoms with E-state index >= 15 is 0 Å². The van der Waals surface area contributed by atoms with E-state index in [0.717, 1.165) is 5.69 Å². The van der Waals surface area contributed by atoms with E-state index in [2.05, 4.69) is 15.4 Å². The lowest BCUT2D eigenvalue weighted by molar-refractivity contribution is 0.102. The molecular weight excluding hydrogens is 266 g/mol. The van der Waals surface area contributed by atoms with E-state index in [1.807, 2.05) is 36.5 Å². The average Bonchev–Trinajstić information content (AvgIpc) is 3.02. The molecule has 0 saturated carbocycles. The molecule has 104 valence electrons. The first-order valence-electron chi connectivity index (χ1n) is 6.35. The average molecular weight is 279 g/mol. The van der Waals surface area contributed by atoms with Crippen LogP contribution in [0.4, 0.5) is 11.4 Å². The van der Waals surface area contributed by atoms with Gasteiger partial charge in [0.2, 0.25) is 0 Å². The maximum absolute atomic E-state index is 12.1. The van der Waals surface area contributed by atoms with E-state index in [-0.39, 0.29) is 5.91 Å². The fourth-order valence-electron chi connectivity index (χ4n) is 1.88. The van der Waals surface area contributed by atoms with Crippen LogP contribution in [0.15, 0.2) is 61.1 Å². The van der Waals surface area contributed by atoms with Crippen LogP contribution in [0.5, 0.6) is 0 Å². The third-order valence-electron chi connectivity index (χ3n) is 2.89. The second-order valence-corrected chi connectivity index (χ2v) is 4.43. The minimum absolute atomic E-state index is 0.285. The van der Waals surface area contributed by atoms with Gasteiger partial charge in [-0.15, -0.1) is 0 Å². The first-order chi connectivity index (χ1) is 10.2. The lowest BCUT2D eigenvalue weighted by Gasteiger charge is -2.07. The van der Waals surface area contributed by atoms with Crippen molar-refractivity contribution in [1.82, 2.24) is 14.8 Å². The minimum atomic E-state index is -0.285. The van der Waals surface area contributed by atoms with Crippen LogP contribution in [-0.2, 0) is 0 Å². The second kappa shape index (κ2) is 5.46. The molecule has 0 aliphatic carbocycles. The van der Waals surface area contributed by atoms with Crippen molar-refractivity contribution in [3.63, 3.8) is 0 Å². The summed E-state index contributed by atoms with van der Waals surface area (Å²) in [6.07, 6.45) is 4.99. The van der Waals surface area contributed by atoms with Crippen molar-refractivity contribution in [2.45, 2.75) is 0 Å². The minimum Gasteiger partial charge on any atom is -0.397 e. The molecule has 0 bridgehead atoms. The highest BCUT2D eigenvalue weighted by Crippen LogP contribution is 2.15. The van der Waals surface area contributed by atoms with Crippen LogP contribution in [0.25, 0.3) is 5.69 Å². The van der Waals surface area contributed by atoms with Gasteiger partial charge in [0.05, 0.1) is 17.6 Å². The van der Waals surface area contributed by atoms with E-state index in [9.17, 15) is 4.79 Å². The number of hydrogen-bond donors (Lipinski definition) is 2. The van der Waals surface area contributed by atoms with Gasteiger partial charge in [-0.1, -0.05) is 6.07 Å². The van der Waals surface area contributed by atoms with Gasteiger partial charge in [-0.05, 0) is 36.4 Å². The molecule has 1 amide bonds. The maximum Gasteiger partial charge on any atom is 0.274 e. The Morgan fingerprint density at radius 1 is 1.19 bits per heavy atom. The third kappa shape index (κ3) is 2.89. The summed E-state index contributed by atoms with van der Waals surface area (Å²) in [5.74, 6) is -0.285. The molecule has 0 radical (unpaired) electrons. The summed E-state index contributed by atoms with van der Waals surface area (Å²) in [5, 5.41) is 6.95. The molecule has 0 fully saturated rings. The Bertz CT molecular complexity index is 750. The van der Waals surface area contributed by atoms with Gasteiger partial charge in [0.1, 0.15) is 5.69 Å². The maximum atomic E-state index is 12.1. The van der Waals surface area contributed by atoms with E-state index in [1.54, 1.807) is 23.0 Å². The van der Waals surface area contributed by atoms with Crippen molar-refractivity contribution >= 4 is 17.3 Å². The summed E-state index contributed by atoms with van der Waals surface area (Å²) in [6, 6.07) is 12.5. The zero-order valence-electron chi connectivity index (χ0n) is 11.1. The van der Waals surface area contributed by atoms with E-state index in [0.29, 0.717) is 17.1 Å². The summed E-state index contributed by atoms with van der Waals surface area (Å²) in [5.41, 5.74) is 7.92. The Morgan fingerprint density at radius 2 is 2.10 bits per heavy atom. The van der Waals surface area contributed by atoms with Gasteiger partial charge < -0.3 is 11.1 Å². The lowest BCUT2D eigenvalue weighted by Crippen LogP contribution is -2.13. The van der Waals surface area contributed by atoms with Crippen molar-refractivity contribution < 1.29 is 4.79 Å². The highest BCUT2D eigenvalue weighted by atomic mass is 16.1. The molecule has 6 nitrogen and oxygen atoms in total. The number of pyridine rings is 1. The molecule has 0 aliphatic rings. The molecular formula is C15H13N5O. The number of aromatic nitrogens is 3. The summed E-state index contributed by atoms with van der Waals surface area (Å²) in [7, 11) is 0. The normalized spacial score (nSPS) is 10.3. The van der Waals surface area contributed by atoms with Crippen LogP contribution in [0.3, 0.4) is 0 Å². The number of carbonyl (C=O) groups excluding carboxylic acids is 1. The van der Waals surface area contributed by atoms with Crippen molar-refractivity contribution in [1.29, 1.82) is 0 Å². The first kappa shape index (κ1) is 12.9. The highest BCUT2D eigenvalue weighted by molar-refractivity contribution is 6.03. The number of nitrogens with zero attached hydrogens (tertiary/aromatic N) is 3. The van der Waals surface area contributed by atoms with Gasteiger partial charge in [0, 0.05) is 18.1 Å². The van der Waals surface area contributed by atoms with Gasteiger partial charge in [-0.25, -0.2) is 9.67 Å². The summed E-state index contributed by atoms with van der Waals surface area (Å²) < 4.78 is 1.72. The number of anilines is 2. The van der Waals surface area contributed by atoms with Crippen molar-refractivity contribution in [2.24, 2.45) is 0 Å². The number of hydrogen-bond acceptors (Lipinski definition) is 4. The topological polar surface area (TPSA) is 85.8 Å². The predicted octanol–water partition coefficient (Wildman–Crippen LogP) is 2.10. The predicted molar refractivity (Wildman–Crippen MR) is 80.2 cm³/mol. The van der Waals surface area contributed by atoms with Crippen LogP contribution in [-0.4, -0.2) is 20.7 Å². The molecule has 3 N–H and O–H groups in total. The molecule has 0 aliphatic heterocycles. The Labute approximate surface area is 121 Å². The fraction of sp³-hybridized carbons (Fsp3) is 0. The first-order valence-corrected chi connectivity index (χ1v) is 6.35. The zero-order chi connectivity index (χ0) is 14.7. The zero-order valence-corrected chi connectivity index (χ0v) is 11.1. The van der Waals surface area contributed by atoms with E-state index in [1.165, 1.54) is 6.20 Å². The van der Waals surface area contributed by atoms with Gasteiger partial charge in [-0.2, -0.15) is 5.10 Å². The third-order valence-corrected chi connectivity index (χ3v) is 2.89. The van der Waals surface area contributed by atoms with Crippen LogP contribution in [0.2, 0.25) is 0 Å². The second-order valence-electron chi connectivity index (χ2n) is 4.43. The molecule has 0 atom stereocenters. The van der Waals surface area contributed by atoms with Gasteiger partial charge >= 0.3 is 0 Å². The Hall–Kier alpha value is -3.15. The number of amides is 1. The van der Waals surface area contributed by atoms with E-state index < -0.39 is 0 Å². The Morgan fingerprint density at radius 3 is 2.81 bits per heavy atom. The summed E-state index contributed by atoms with van der Waals surface area (Å²) in [4.78, 5) is 16.1. The molecule has 6 heteroatoms. The smallest absolute Gasteiger partial charge is 0.274 e. The van der Waals surface area contributed by atoms with Crippen molar-refractivity contribution in [2.75, 3.05) is 11.1 Å². The number of nitrogens with two attached hydrogens (primary N) is 1. The molecule has 1 aromatic carbocycles. The quantitative estimate of drug-likeness (QED) is 0.768. The number of rotatable bonds is 3. The van der Waals surface area contributed by atoms with Crippen LogP contribution in [0.1, 0.15) is 10.5 Å². The van der Waals surface area contributed by atoms with Gasteiger partial charge in [0.15, 0.2) is 0 Å². The monoisotopic (exact) mass is 279 g/mol. The van der Waals surface area contributed by atoms with Crippen LogP contribution >= 0.6 is 0 Å². The standard InChI is InChI=1S/C15H13N5O/c16-11-5-6-14(17-10-11)15(21)19-12-3-1-4-13(9-12)20-8-2-7-18-20/h1-10H,16H2,(H,19,21). The summed E-state index contributed by atoms with van der Waals surface area (Å²) >= 11 is 0. The van der Waals surface area contributed by atoms with Crippen LogP contribution < -0.4 is 11.1 Å². The molecule has 3 aromatic rings. The highest BCUT2D eigenvalue weighted by Gasteiger charge is 2.08. The number of nitrogen functional groups attached to an aromatic ring is 1. The fourth-order valence-corrected chi connectivity index (χ4v) is 1.88. The number of nitrogens with one attached hydrogen (secondary N) is 1. The number of benzene rings is 1. The molecule has 21 heavy (non-hydrogen) atoms. The Balaban J connectivity index is 1.80. The van der Waals surface area contributed by atoms with Crippen LogP contribution in [0, 0.1) is 0 Å². The SMILES string of the molecule is Nc1ccc(C(=O)Nc2cccc(-n3cccn3)c2)nc1. The molecule has 0 unspecified atom stereocenters. The molecule has 2 heterocycles. The largest absolute Gasteiger partial charge is 0.397 e. The number of carbonyl (C=O) groups is 1. The lowest BCUT2D eigenvalue weighted by atomic mass is 10.2. The summed E-state index contributed by atoms with van der Waals surface area (Å²) in [6.45, 7) is 0. The molecule has 0 spiro atoms. The molecule has 3 rings (SSSR count). The van der Waals surface area contributed by atoms with Gasteiger partial charge in [0.25, 0.3) is 5.91 Å². The van der Waals surface area contributed by atoms with Gasteiger partial charge in [-0.3, -0.25) is 4.79 Å². The van der Waals surface area contributed by atoms with E-state index in [4.69, 9.17) is 5.73 Å². The molecule has 2 aromatic heterocycles.